The molecule has 6 nitrogen and oxygen atoms in total. The Kier molecular flexibility index (Phi) is 9.03. The molecule has 0 amide bonds. The lowest BCUT2D eigenvalue weighted by Crippen LogP contribution is -2.43. The summed E-state index contributed by atoms with van der Waals surface area (Å²) in [6.45, 7) is 15.1. The zero-order valence-electron chi connectivity index (χ0n) is 17.9. The van der Waals surface area contributed by atoms with Gasteiger partial charge in [-0.3, -0.25) is 19.8 Å². The molecule has 2 aliphatic rings. The monoisotopic (exact) mass is 408 g/mol. The van der Waals surface area contributed by atoms with E-state index >= 15 is 0 Å². The Morgan fingerprint density at radius 1 is 1.00 bits per heavy atom. The minimum absolute atomic E-state index is 0.723. The van der Waals surface area contributed by atoms with Gasteiger partial charge in [0.1, 0.15) is 11.4 Å². The van der Waals surface area contributed by atoms with Crippen molar-refractivity contribution in [2.75, 3.05) is 59.0 Å². The van der Waals surface area contributed by atoms with Crippen LogP contribution in [0.15, 0.2) is 58.5 Å². The summed E-state index contributed by atoms with van der Waals surface area (Å²) < 4.78 is 11.0. The van der Waals surface area contributed by atoms with Crippen LogP contribution in [-0.2, 0) is 4.74 Å². The van der Waals surface area contributed by atoms with Gasteiger partial charge in [-0.05, 0) is 37.9 Å². The van der Waals surface area contributed by atoms with E-state index in [0.29, 0.717) is 0 Å². The molecule has 2 aromatic carbocycles. The van der Waals surface area contributed by atoms with E-state index in [-0.39, 0.29) is 0 Å². The maximum atomic E-state index is 5.72. The molecule has 0 unspecified atom stereocenters. The number of ether oxygens (including phenoxy) is 2. The Morgan fingerprint density at radius 3 is 2.43 bits per heavy atom. The van der Waals surface area contributed by atoms with Gasteiger partial charge in [-0.15, -0.1) is 0 Å². The molecular formula is C24H32N4O2. The molecule has 0 aliphatic carbocycles. The zero-order valence-corrected chi connectivity index (χ0v) is 17.9. The fourth-order valence-electron chi connectivity index (χ4n) is 3.27. The van der Waals surface area contributed by atoms with Crippen LogP contribution >= 0.6 is 0 Å². The molecule has 2 heterocycles. The van der Waals surface area contributed by atoms with E-state index in [1.54, 1.807) is 0 Å². The Bertz CT molecular complexity index is 801. The van der Waals surface area contributed by atoms with Crippen LogP contribution in [0.5, 0.6) is 11.5 Å². The molecule has 6 heteroatoms. The molecule has 30 heavy (non-hydrogen) atoms. The summed E-state index contributed by atoms with van der Waals surface area (Å²) in [6.07, 6.45) is 2.03. The summed E-state index contributed by atoms with van der Waals surface area (Å²) in [6, 6.07) is 15.5. The third-order valence-corrected chi connectivity index (χ3v) is 5.13. The number of aryl methyl sites for hydroxylation is 1. The Labute approximate surface area is 179 Å². The number of benzene rings is 2. The van der Waals surface area contributed by atoms with Crippen LogP contribution in [0.2, 0.25) is 0 Å². The van der Waals surface area contributed by atoms with Crippen LogP contribution in [0.25, 0.3) is 0 Å². The van der Waals surface area contributed by atoms with Gasteiger partial charge in [-0.1, -0.05) is 29.8 Å². The SMILES string of the molecule is C1=NCCN(CCN2CCOCC2)C1.C=Nc1ccccc1Oc1ccc(C)cc1. The van der Waals surface area contributed by atoms with Crippen LogP contribution in [-0.4, -0.2) is 81.8 Å². The summed E-state index contributed by atoms with van der Waals surface area (Å²) in [5.74, 6) is 1.53. The second-order valence-corrected chi connectivity index (χ2v) is 7.38. The summed E-state index contributed by atoms with van der Waals surface area (Å²) in [5, 5.41) is 0. The second kappa shape index (κ2) is 12.2. The molecule has 2 aliphatic heterocycles. The van der Waals surface area contributed by atoms with Crippen molar-refractivity contribution in [3.05, 3.63) is 54.1 Å². The van der Waals surface area contributed by atoms with Crippen LogP contribution < -0.4 is 4.74 Å². The molecule has 0 spiro atoms. The van der Waals surface area contributed by atoms with E-state index in [4.69, 9.17) is 9.47 Å². The van der Waals surface area contributed by atoms with Gasteiger partial charge in [-0.2, -0.15) is 0 Å². The van der Waals surface area contributed by atoms with E-state index in [2.05, 4.69) is 26.5 Å². The first-order chi connectivity index (χ1) is 14.7. The highest BCUT2D eigenvalue weighted by atomic mass is 16.5. The highest BCUT2D eigenvalue weighted by Gasteiger charge is 2.12. The molecule has 0 N–H and O–H groups in total. The minimum Gasteiger partial charge on any atom is -0.455 e. The number of nitrogens with zero attached hydrogens (tertiary/aromatic N) is 4. The smallest absolute Gasteiger partial charge is 0.152 e. The maximum Gasteiger partial charge on any atom is 0.152 e. The topological polar surface area (TPSA) is 49.7 Å². The Balaban J connectivity index is 0.000000172. The van der Waals surface area contributed by atoms with Crippen LogP contribution in [0.3, 0.4) is 0 Å². The zero-order chi connectivity index (χ0) is 21.0. The number of para-hydroxylation sites is 2. The van der Waals surface area contributed by atoms with Crippen molar-refractivity contribution in [2.45, 2.75) is 6.92 Å². The van der Waals surface area contributed by atoms with Gasteiger partial charge < -0.3 is 9.47 Å². The average Bonchev–Trinajstić information content (AvgIpc) is 2.81. The minimum atomic E-state index is 0.723. The summed E-state index contributed by atoms with van der Waals surface area (Å²) in [7, 11) is 0. The largest absolute Gasteiger partial charge is 0.455 e. The molecule has 0 aromatic heterocycles. The lowest BCUT2D eigenvalue weighted by molar-refractivity contribution is 0.0341. The van der Waals surface area contributed by atoms with Gasteiger partial charge in [0.15, 0.2) is 5.75 Å². The van der Waals surface area contributed by atoms with Gasteiger partial charge in [0.2, 0.25) is 0 Å². The number of hydrogen-bond donors (Lipinski definition) is 0. The lowest BCUT2D eigenvalue weighted by atomic mass is 10.2. The van der Waals surface area contributed by atoms with Gasteiger partial charge in [0, 0.05) is 45.5 Å². The third kappa shape index (κ3) is 7.37. The van der Waals surface area contributed by atoms with Gasteiger partial charge in [-0.25, -0.2) is 0 Å². The fourth-order valence-corrected chi connectivity index (χ4v) is 3.27. The van der Waals surface area contributed by atoms with Gasteiger partial charge >= 0.3 is 0 Å². The Hall–Kier alpha value is -2.54. The van der Waals surface area contributed by atoms with Crippen molar-refractivity contribution in [3.8, 4) is 11.5 Å². The first-order valence-corrected chi connectivity index (χ1v) is 10.6. The number of hydrogen-bond acceptors (Lipinski definition) is 6. The number of morpholine rings is 1. The normalized spacial score (nSPS) is 17.1. The van der Waals surface area contributed by atoms with Crippen molar-refractivity contribution in [2.24, 2.45) is 9.98 Å². The van der Waals surface area contributed by atoms with E-state index in [1.807, 2.05) is 61.7 Å². The van der Waals surface area contributed by atoms with E-state index < -0.39 is 0 Å². The maximum absolute atomic E-state index is 5.72. The molecule has 0 atom stereocenters. The second-order valence-electron chi connectivity index (χ2n) is 7.38. The van der Waals surface area contributed by atoms with Crippen molar-refractivity contribution in [1.82, 2.24) is 9.80 Å². The molecule has 160 valence electrons. The quantitative estimate of drug-likeness (QED) is 0.682. The van der Waals surface area contributed by atoms with Crippen LogP contribution in [0.1, 0.15) is 5.56 Å². The highest BCUT2D eigenvalue weighted by molar-refractivity contribution is 5.60. The van der Waals surface area contributed by atoms with Crippen molar-refractivity contribution < 1.29 is 9.47 Å². The molecular weight excluding hydrogens is 376 g/mol. The molecule has 4 rings (SSSR count). The van der Waals surface area contributed by atoms with Crippen molar-refractivity contribution in [3.63, 3.8) is 0 Å². The van der Waals surface area contributed by atoms with Crippen molar-refractivity contribution in [1.29, 1.82) is 0 Å². The molecule has 1 fully saturated rings. The number of rotatable bonds is 6. The standard InChI is InChI=1S/C14H13NO.C10H19N3O/c1-11-7-9-12(10-8-11)16-14-6-4-3-5-13(14)15-2;1-3-12(4-2-11-1)5-6-13-7-9-14-10-8-13/h3-10H,2H2,1H3;1H,2-10H2. The van der Waals surface area contributed by atoms with Gasteiger partial charge in [0.25, 0.3) is 0 Å². The predicted octanol–water partition coefficient (Wildman–Crippen LogP) is 3.82. The van der Waals surface area contributed by atoms with E-state index in [0.717, 1.165) is 63.1 Å². The molecule has 2 aromatic rings. The molecule has 0 bridgehead atoms. The van der Waals surface area contributed by atoms with Crippen molar-refractivity contribution >= 4 is 18.6 Å². The lowest BCUT2D eigenvalue weighted by Gasteiger charge is -2.30. The fraction of sp³-hybridized carbons (Fsp3) is 0.417. The first-order valence-electron chi connectivity index (χ1n) is 10.6. The van der Waals surface area contributed by atoms with Crippen LogP contribution in [0.4, 0.5) is 5.69 Å². The summed E-state index contributed by atoms with van der Waals surface area (Å²) in [5.41, 5.74) is 1.96. The van der Waals surface area contributed by atoms with Crippen LogP contribution in [0, 0.1) is 6.92 Å². The predicted molar refractivity (Wildman–Crippen MR) is 124 cm³/mol. The third-order valence-electron chi connectivity index (χ3n) is 5.13. The molecule has 1 saturated heterocycles. The Morgan fingerprint density at radius 2 is 1.73 bits per heavy atom. The van der Waals surface area contributed by atoms with E-state index in [1.165, 1.54) is 18.7 Å². The first kappa shape index (κ1) is 22.2. The summed E-state index contributed by atoms with van der Waals surface area (Å²) >= 11 is 0. The number of aliphatic imine (C=N–C) groups is 2. The average molecular weight is 409 g/mol. The van der Waals surface area contributed by atoms with E-state index in [9.17, 15) is 0 Å². The highest BCUT2D eigenvalue weighted by Crippen LogP contribution is 2.30. The van der Waals surface area contributed by atoms with Gasteiger partial charge in [0.05, 0.1) is 19.8 Å². The molecule has 0 saturated carbocycles. The molecule has 0 radical (unpaired) electrons. The summed E-state index contributed by atoms with van der Waals surface area (Å²) in [4.78, 5) is 13.1.